The Kier molecular flexibility index (Phi) is 10.4. The number of carbonyl (C=O) groups excluding carboxylic acids is 2. The van der Waals surface area contributed by atoms with Crippen LogP contribution in [0.4, 0.5) is 0 Å². The molecule has 0 aromatic heterocycles. The zero-order chi connectivity index (χ0) is 25.1. The molecule has 186 valence electrons. The highest BCUT2D eigenvalue weighted by atomic mass is 32.2. The van der Waals surface area contributed by atoms with Gasteiger partial charge in [-0.25, -0.2) is 8.42 Å². The van der Waals surface area contributed by atoms with Crippen LogP contribution >= 0.6 is 0 Å². The lowest BCUT2D eigenvalue weighted by atomic mass is 10.1. The lowest BCUT2D eigenvalue weighted by Gasteiger charge is -2.24. The molecule has 0 spiro atoms. The van der Waals surface area contributed by atoms with E-state index in [2.05, 4.69) is 12.1 Å². The molecule has 0 unspecified atom stereocenters. The molecule has 0 saturated heterocycles. The lowest BCUT2D eigenvalue weighted by molar-refractivity contribution is -0.119. The summed E-state index contributed by atoms with van der Waals surface area (Å²) in [5, 5.41) is 0. The SMILES string of the molecule is COc1cc(C(=O)N(CCCCC(=O)NS(C)(=O)=O)CCCc2ccccc2)cc(OC)c1C. The van der Waals surface area contributed by atoms with Gasteiger partial charge in [-0.15, -0.1) is 0 Å². The maximum absolute atomic E-state index is 13.4. The quantitative estimate of drug-likeness (QED) is 0.432. The third kappa shape index (κ3) is 8.70. The van der Waals surface area contributed by atoms with Crippen LogP contribution in [0.15, 0.2) is 42.5 Å². The molecule has 0 atom stereocenters. The van der Waals surface area contributed by atoms with Crippen molar-refractivity contribution in [3.63, 3.8) is 0 Å². The van der Waals surface area contributed by atoms with Gasteiger partial charge < -0.3 is 14.4 Å². The fraction of sp³-hybridized carbons (Fsp3) is 0.440. The Balaban J connectivity index is 2.09. The summed E-state index contributed by atoms with van der Waals surface area (Å²) in [5.74, 6) is 0.455. The number of ether oxygens (including phenoxy) is 2. The summed E-state index contributed by atoms with van der Waals surface area (Å²) in [4.78, 5) is 26.9. The number of hydrogen-bond acceptors (Lipinski definition) is 6. The summed E-state index contributed by atoms with van der Waals surface area (Å²) in [6, 6.07) is 13.5. The van der Waals surface area contributed by atoms with Gasteiger partial charge in [-0.05, 0) is 50.3 Å². The molecule has 0 radical (unpaired) electrons. The van der Waals surface area contributed by atoms with Crippen LogP contribution in [0.25, 0.3) is 0 Å². The Morgan fingerprint density at radius 3 is 2.09 bits per heavy atom. The predicted octanol–water partition coefficient (Wildman–Crippen LogP) is 3.33. The normalized spacial score (nSPS) is 11.1. The number of rotatable bonds is 13. The third-order valence-corrected chi connectivity index (χ3v) is 6.00. The van der Waals surface area contributed by atoms with Crippen LogP contribution in [0, 0.1) is 6.92 Å². The minimum Gasteiger partial charge on any atom is -0.496 e. The van der Waals surface area contributed by atoms with Gasteiger partial charge in [0.25, 0.3) is 5.91 Å². The summed E-state index contributed by atoms with van der Waals surface area (Å²) >= 11 is 0. The first-order valence-electron chi connectivity index (χ1n) is 11.2. The zero-order valence-corrected chi connectivity index (χ0v) is 21.1. The van der Waals surface area contributed by atoms with Gasteiger partial charge in [0, 0.05) is 30.6 Å². The van der Waals surface area contributed by atoms with E-state index in [1.165, 1.54) is 5.56 Å². The van der Waals surface area contributed by atoms with Crippen molar-refractivity contribution in [2.75, 3.05) is 33.6 Å². The number of methoxy groups -OCH3 is 2. The lowest BCUT2D eigenvalue weighted by Crippen LogP contribution is -2.33. The topological polar surface area (TPSA) is 102 Å². The fourth-order valence-electron chi connectivity index (χ4n) is 3.67. The standard InChI is InChI=1S/C25H34N2O6S/c1-19-22(32-2)17-21(18-23(19)33-3)25(29)27(16-10-13-20-11-6-5-7-12-20)15-9-8-14-24(28)26-34(4,30)31/h5-7,11-12,17-18H,8-10,13-16H2,1-4H3,(H,26,28). The largest absolute Gasteiger partial charge is 0.496 e. The minimum absolute atomic E-state index is 0.0747. The van der Waals surface area contributed by atoms with Crippen LogP contribution in [-0.4, -0.2) is 58.7 Å². The van der Waals surface area contributed by atoms with Gasteiger partial charge >= 0.3 is 0 Å². The number of nitrogens with one attached hydrogen (secondary N) is 1. The molecule has 0 aliphatic heterocycles. The van der Waals surface area contributed by atoms with Crippen molar-refractivity contribution in [3.05, 3.63) is 59.2 Å². The van der Waals surface area contributed by atoms with Crippen LogP contribution in [0.2, 0.25) is 0 Å². The maximum atomic E-state index is 13.4. The van der Waals surface area contributed by atoms with E-state index in [1.807, 2.05) is 29.8 Å². The van der Waals surface area contributed by atoms with E-state index < -0.39 is 15.9 Å². The van der Waals surface area contributed by atoms with E-state index in [-0.39, 0.29) is 12.3 Å². The van der Waals surface area contributed by atoms with Crippen molar-refractivity contribution in [1.29, 1.82) is 0 Å². The van der Waals surface area contributed by atoms with E-state index in [9.17, 15) is 18.0 Å². The van der Waals surface area contributed by atoms with Crippen molar-refractivity contribution < 1.29 is 27.5 Å². The van der Waals surface area contributed by atoms with Crippen molar-refractivity contribution in [3.8, 4) is 11.5 Å². The van der Waals surface area contributed by atoms with Gasteiger partial charge in [-0.2, -0.15) is 0 Å². The first kappa shape index (κ1) is 27.2. The van der Waals surface area contributed by atoms with Gasteiger partial charge in [-0.3, -0.25) is 14.3 Å². The number of benzene rings is 2. The summed E-state index contributed by atoms with van der Waals surface area (Å²) < 4.78 is 35.2. The summed E-state index contributed by atoms with van der Waals surface area (Å²) in [5.41, 5.74) is 2.48. The predicted molar refractivity (Wildman–Crippen MR) is 132 cm³/mol. The molecule has 0 aliphatic rings. The Bertz CT molecular complexity index is 1050. The number of hydrogen-bond donors (Lipinski definition) is 1. The first-order valence-corrected chi connectivity index (χ1v) is 13.1. The second-order valence-corrected chi connectivity index (χ2v) is 9.89. The molecular formula is C25H34N2O6S. The number of sulfonamides is 1. The number of nitrogens with zero attached hydrogens (tertiary/aromatic N) is 1. The number of aryl methyl sites for hydroxylation is 1. The number of unbranched alkanes of at least 4 members (excludes halogenated alkanes) is 1. The number of amides is 2. The molecule has 2 aromatic carbocycles. The van der Waals surface area contributed by atoms with Crippen LogP contribution in [0.1, 0.15) is 47.2 Å². The highest BCUT2D eigenvalue weighted by Crippen LogP contribution is 2.30. The molecule has 2 rings (SSSR count). The smallest absolute Gasteiger partial charge is 0.254 e. The van der Waals surface area contributed by atoms with E-state index in [0.717, 1.165) is 24.7 Å². The Labute approximate surface area is 202 Å². The first-order chi connectivity index (χ1) is 16.1. The summed E-state index contributed by atoms with van der Waals surface area (Å²) in [6.45, 7) is 2.85. The van der Waals surface area contributed by atoms with Gasteiger partial charge in [0.1, 0.15) is 11.5 Å². The molecule has 0 saturated carbocycles. The Morgan fingerprint density at radius 2 is 1.53 bits per heavy atom. The van der Waals surface area contributed by atoms with Crippen LogP contribution in [0.3, 0.4) is 0 Å². The average Bonchev–Trinajstić information content (AvgIpc) is 2.79. The second kappa shape index (κ2) is 13.0. The molecule has 9 heteroatoms. The molecule has 0 heterocycles. The van der Waals surface area contributed by atoms with Gasteiger partial charge in [0.05, 0.1) is 20.5 Å². The maximum Gasteiger partial charge on any atom is 0.254 e. The van der Waals surface area contributed by atoms with Gasteiger partial charge in [-0.1, -0.05) is 30.3 Å². The highest BCUT2D eigenvalue weighted by Gasteiger charge is 2.19. The van der Waals surface area contributed by atoms with Crippen LogP contribution in [0.5, 0.6) is 11.5 Å². The van der Waals surface area contributed by atoms with Gasteiger partial charge in [0.15, 0.2) is 0 Å². The Hall–Kier alpha value is -3.07. The zero-order valence-electron chi connectivity index (χ0n) is 20.3. The van der Waals surface area contributed by atoms with E-state index in [4.69, 9.17) is 9.47 Å². The molecule has 0 fully saturated rings. The molecule has 1 N–H and O–H groups in total. The van der Waals surface area contributed by atoms with E-state index in [1.54, 1.807) is 31.3 Å². The second-order valence-electron chi connectivity index (χ2n) is 8.14. The molecule has 34 heavy (non-hydrogen) atoms. The molecular weight excluding hydrogens is 456 g/mol. The van der Waals surface area contributed by atoms with Crippen molar-refractivity contribution in [2.24, 2.45) is 0 Å². The van der Waals surface area contributed by atoms with Crippen molar-refractivity contribution in [2.45, 2.75) is 39.0 Å². The molecule has 2 aromatic rings. The average molecular weight is 491 g/mol. The fourth-order valence-corrected chi connectivity index (χ4v) is 4.19. The molecule has 0 aliphatic carbocycles. The van der Waals surface area contributed by atoms with Crippen LogP contribution in [-0.2, 0) is 21.2 Å². The van der Waals surface area contributed by atoms with E-state index in [0.29, 0.717) is 43.0 Å². The van der Waals surface area contributed by atoms with Gasteiger partial charge in [0.2, 0.25) is 15.9 Å². The Morgan fingerprint density at radius 1 is 0.941 bits per heavy atom. The molecule has 2 amide bonds. The summed E-state index contributed by atoms with van der Waals surface area (Å²) in [7, 11) is -0.468. The highest BCUT2D eigenvalue weighted by molar-refractivity contribution is 7.89. The third-order valence-electron chi connectivity index (χ3n) is 5.40. The number of carbonyl (C=O) groups is 2. The van der Waals surface area contributed by atoms with Crippen LogP contribution < -0.4 is 14.2 Å². The molecule has 0 bridgehead atoms. The summed E-state index contributed by atoms with van der Waals surface area (Å²) in [6.07, 6.45) is 3.67. The van der Waals surface area contributed by atoms with Crippen molar-refractivity contribution >= 4 is 21.8 Å². The van der Waals surface area contributed by atoms with Crippen molar-refractivity contribution in [1.82, 2.24) is 9.62 Å². The van der Waals surface area contributed by atoms with E-state index >= 15 is 0 Å². The molecule has 8 nitrogen and oxygen atoms in total. The monoisotopic (exact) mass is 490 g/mol. The minimum atomic E-state index is -3.57.